The van der Waals surface area contributed by atoms with E-state index in [1.165, 1.54) is 19.1 Å². The van der Waals surface area contributed by atoms with Gasteiger partial charge < -0.3 is 26.3 Å². The lowest BCUT2D eigenvalue weighted by molar-refractivity contribution is -0.124. The quantitative estimate of drug-likeness (QED) is 0.154. The number of amides is 1. The zero-order valence-electron chi connectivity index (χ0n) is 19.8. The minimum Gasteiger partial charge on any atom is -0.397 e. The van der Waals surface area contributed by atoms with Gasteiger partial charge in [-0.1, -0.05) is 23.4 Å². The first-order valence-corrected chi connectivity index (χ1v) is 11.7. The molecule has 0 aliphatic heterocycles. The molecule has 8 nitrogen and oxygen atoms in total. The number of carbonyl (C=O) groups excluding carboxylic acids is 1. The van der Waals surface area contributed by atoms with E-state index in [1.54, 1.807) is 32.2 Å². The molecule has 2 rings (SSSR count). The molecule has 0 aromatic heterocycles. The summed E-state index contributed by atoms with van der Waals surface area (Å²) in [6.45, 7) is 2.97. The van der Waals surface area contributed by atoms with Crippen molar-refractivity contribution in [3.63, 3.8) is 0 Å². The van der Waals surface area contributed by atoms with Crippen molar-refractivity contribution in [1.29, 1.82) is 0 Å². The Labute approximate surface area is 204 Å². The third kappa shape index (κ3) is 8.77. The fourth-order valence-electron chi connectivity index (χ4n) is 2.67. The van der Waals surface area contributed by atoms with E-state index >= 15 is 0 Å². The molecule has 1 amide bonds. The maximum atomic E-state index is 13.1. The van der Waals surface area contributed by atoms with Gasteiger partial charge in [-0.25, -0.2) is 9.38 Å². The number of hydrogen-bond donors (Lipinski definition) is 4. The van der Waals surface area contributed by atoms with Crippen molar-refractivity contribution in [2.75, 3.05) is 30.4 Å². The van der Waals surface area contributed by atoms with Crippen LogP contribution < -0.4 is 21.5 Å². The molecule has 2 aromatic carbocycles. The number of rotatable bonds is 12. The number of aliphatic imine (C=N–C) groups is 1. The number of amidine groups is 1. The molecule has 0 saturated heterocycles. The number of nitrogens with two attached hydrogens (primary N) is 2. The Hall–Kier alpha value is -2.95. The first kappa shape index (κ1) is 27.3. The lowest BCUT2D eigenvalue weighted by Crippen LogP contribution is -2.32. The van der Waals surface area contributed by atoms with Gasteiger partial charge in [0.2, 0.25) is 5.91 Å². The van der Waals surface area contributed by atoms with Crippen molar-refractivity contribution in [2.45, 2.75) is 37.6 Å². The highest BCUT2D eigenvalue weighted by Gasteiger charge is 2.27. The molecule has 0 bridgehead atoms. The SMILES string of the molecule is CO/N=C(\N=CC(N)CCCN)c1cccc(SNc2cccc(NC(=O)C(C)(C)CF)c2)c1. The molecule has 0 fully saturated rings. The highest BCUT2D eigenvalue weighted by molar-refractivity contribution is 8.00. The van der Waals surface area contributed by atoms with Crippen LogP contribution in [0, 0.1) is 5.41 Å². The number of carbonyl (C=O) groups is 1. The van der Waals surface area contributed by atoms with E-state index in [1.807, 2.05) is 36.4 Å². The van der Waals surface area contributed by atoms with Gasteiger partial charge in [0.25, 0.3) is 0 Å². The first-order chi connectivity index (χ1) is 16.3. The van der Waals surface area contributed by atoms with Gasteiger partial charge in [0.15, 0.2) is 5.84 Å². The predicted octanol–water partition coefficient (Wildman–Crippen LogP) is 4.19. The molecular formula is C24H33FN6O2S. The highest BCUT2D eigenvalue weighted by Crippen LogP contribution is 2.25. The number of hydrogen-bond acceptors (Lipinski definition) is 7. The van der Waals surface area contributed by atoms with E-state index in [9.17, 15) is 9.18 Å². The van der Waals surface area contributed by atoms with Crippen LogP contribution in [0.3, 0.4) is 0 Å². The van der Waals surface area contributed by atoms with Gasteiger partial charge in [-0.05, 0) is 75.5 Å². The van der Waals surface area contributed by atoms with Crippen LogP contribution in [0.1, 0.15) is 32.3 Å². The zero-order chi connectivity index (χ0) is 25.0. The summed E-state index contributed by atoms with van der Waals surface area (Å²) in [5.41, 5.74) is 12.6. The number of nitrogens with one attached hydrogen (secondary N) is 2. The molecule has 0 spiro atoms. The van der Waals surface area contributed by atoms with E-state index in [4.69, 9.17) is 16.3 Å². The van der Waals surface area contributed by atoms with Gasteiger partial charge in [0, 0.05) is 34.1 Å². The van der Waals surface area contributed by atoms with Crippen molar-refractivity contribution < 1.29 is 14.0 Å². The summed E-state index contributed by atoms with van der Waals surface area (Å²) in [7, 11) is 1.46. The van der Waals surface area contributed by atoms with Gasteiger partial charge in [0.1, 0.15) is 13.8 Å². The standard InChI is InChI=1S/C24H33FN6O2S/c1-24(2,16-25)23(32)29-19-9-5-10-20(14-19)31-34-21-11-4-7-17(13-21)22(30-33-3)28-15-18(27)8-6-12-26/h4-5,7,9-11,13-15,18,31H,6,8,12,16,26-27H2,1-3H3,(H,29,32)/b28-15?,30-22-. The summed E-state index contributed by atoms with van der Waals surface area (Å²) in [6, 6.07) is 14.7. The van der Waals surface area contributed by atoms with Crippen molar-refractivity contribution >= 4 is 41.3 Å². The average Bonchev–Trinajstić information content (AvgIpc) is 2.84. The molecular weight excluding hydrogens is 455 g/mol. The van der Waals surface area contributed by atoms with E-state index < -0.39 is 12.1 Å². The third-order valence-electron chi connectivity index (χ3n) is 4.76. The fourth-order valence-corrected chi connectivity index (χ4v) is 3.36. The second-order valence-electron chi connectivity index (χ2n) is 8.25. The summed E-state index contributed by atoms with van der Waals surface area (Å²) in [5, 5.41) is 6.77. The van der Waals surface area contributed by atoms with Crippen LogP contribution >= 0.6 is 11.9 Å². The highest BCUT2D eigenvalue weighted by atomic mass is 32.2. The molecule has 184 valence electrons. The Balaban J connectivity index is 2.07. The Bertz CT molecular complexity index is 999. The van der Waals surface area contributed by atoms with E-state index in [0.717, 1.165) is 29.0 Å². The molecule has 2 aromatic rings. The largest absolute Gasteiger partial charge is 0.397 e. The van der Waals surface area contributed by atoms with E-state index in [-0.39, 0.29) is 11.9 Å². The molecule has 34 heavy (non-hydrogen) atoms. The second-order valence-corrected chi connectivity index (χ2v) is 9.13. The molecule has 0 aliphatic rings. The third-order valence-corrected chi connectivity index (χ3v) is 5.58. The number of anilines is 2. The van der Waals surface area contributed by atoms with E-state index in [0.29, 0.717) is 18.1 Å². The number of benzene rings is 2. The summed E-state index contributed by atoms with van der Waals surface area (Å²) in [6.07, 6.45) is 3.21. The smallest absolute Gasteiger partial charge is 0.232 e. The maximum absolute atomic E-state index is 13.1. The topological polar surface area (TPSA) is 127 Å². The Kier molecular flexibility index (Phi) is 11.0. The van der Waals surface area contributed by atoms with Gasteiger partial charge >= 0.3 is 0 Å². The number of nitrogens with zero attached hydrogens (tertiary/aromatic N) is 2. The van der Waals surface area contributed by atoms with Crippen molar-refractivity contribution in [3.05, 3.63) is 54.1 Å². The van der Waals surface area contributed by atoms with E-state index in [2.05, 4.69) is 20.2 Å². The number of oxime groups is 1. The summed E-state index contributed by atoms with van der Waals surface area (Å²) < 4.78 is 16.3. The average molecular weight is 489 g/mol. The molecule has 6 N–H and O–H groups in total. The summed E-state index contributed by atoms with van der Waals surface area (Å²) >= 11 is 1.39. The number of halogens is 1. The summed E-state index contributed by atoms with van der Waals surface area (Å²) in [4.78, 5) is 22.5. The van der Waals surface area contributed by atoms with Crippen molar-refractivity contribution in [1.82, 2.24) is 0 Å². The zero-order valence-corrected chi connectivity index (χ0v) is 20.6. The lowest BCUT2D eigenvalue weighted by atomic mass is 9.94. The molecule has 0 saturated carbocycles. The van der Waals surface area contributed by atoms with Gasteiger partial charge in [-0.3, -0.25) is 4.79 Å². The Morgan fingerprint density at radius 3 is 2.68 bits per heavy atom. The second kappa shape index (κ2) is 13.7. The van der Waals surface area contributed by atoms with Crippen LogP contribution in [0.4, 0.5) is 15.8 Å². The monoisotopic (exact) mass is 488 g/mol. The van der Waals surface area contributed by atoms with Crippen LogP contribution in [0.15, 0.2) is 63.6 Å². The Morgan fingerprint density at radius 2 is 1.97 bits per heavy atom. The molecule has 0 heterocycles. The van der Waals surface area contributed by atoms with Crippen LogP contribution in [0.5, 0.6) is 0 Å². The van der Waals surface area contributed by atoms with Crippen LogP contribution in [0.2, 0.25) is 0 Å². The van der Waals surface area contributed by atoms with Crippen LogP contribution in [-0.4, -0.2) is 44.3 Å². The predicted molar refractivity (Wildman–Crippen MR) is 139 cm³/mol. The maximum Gasteiger partial charge on any atom is 0.232 e. The fraction of sp³-hybridized carbons (Fsp3) is 0.375. The van der Waals surface area contributed by atoms with Crippen molar-refractivity contribution in [3.8, 4) is 0 Å². The van der Waals surface area contributed by atoms with Crippen LogP contribution in [0.25, 0.3) is 0 Å². The normalized spacial score (nSPS) is 13.1. The van der Waals surface area contributed by atoms with Crippen LogP contribution in [-0.2, 0) is 9.63 Å². The van der Waals surface area contributed by atoms with Gasteiger partial charge in [0.05, 0.1) is 5.41 Å². The molecule has 0 aliphatic carbocycles. The minimum absolute atomic E-state index is 0.215. The van der Waals surface area contributed by atoms with Gasteiger partial charge in [-0.15, -0.1) is 0 Å². The molecule has 1 atom stereocenters. The Morgan fingerprint density at radius 1 is 1.24 bits per heavy atom. The van der Waals surface area contributed by atoms with Gasteiger partial charge in [-0.2, -0.15) is 0 Å². The summed E-state index contributed by atoms with van der Waals surface area (Å²) in [5.74, 6) is 0.0362. The minimum atomic E-state index is -1.09. The molecule has 1 unspecified atom stereocenters. The molecule has 0 radical (unpaired) electrons. The number of alkyl halides is 1. The lowest BCUT2D eigenvalue weighted by Gasteiger charge is -2.19. The van der Waals surface area contributed by atoms with Crippen molar-refractivity contribution in [2.24, 2.45) is 27.0 Å². The first-order valence-electron chi connectivity index (χ1n) is 10.9. The molecule has 10 heteroatoms.